The van der Waals surface area contributed by atoms with Crippen molar-refractivity contribution in [2.75, 3.05) is 20.8 Å². The number of nitrogens with two attached hydrogens (primary N) is 1. The molecule has 94 valence electrons. The molecule has 2 N–H and O–H groups in total. The molecule has 1 unspecified atom stereocenters. The summed E-state index contributed by atoms with van der Waals surface area (Å²) in [6.07, 6.45) is 0. The van der Waals surface area contributed by atoms with Crippen LogP contribution >= 0.6 is 0 Å². The van der Waals surface area contributed by atoms with Crippen molar-refractivity contribution in [2.24, 2.45) is 5.73 Å². The lowest BCUT2D eigenvalue weighted by molar-refractivity contribution is 0.0889. The number of aryl methyl sites for hydroxylation is 1. The Morgan fingerprint density at radius 2 is 2.00 bits per heavy atom. The van der Waals surface area contributed by atoms with Crippen molar-refractivity contribution in [2.45, 2.75) is 19.9 Å². The highest BCUT2D eigenvalue weighted by Crippen LogP contribution is 2.26. The topological polar surface area (TPSA) is 61.5 Å². The predicted molar refractivity (Wildman–Crippen MR) is 66.6 cm³/mol. The summed E-state index contributed by atoms with van der Waals surface area (Å²) in [4.78, 5) is 12.1. The summed E-state index contributed by atoms with van der Waals surface area (Å²) in [6, 6.07) is 2.99. The molecule has 4 nitrogen and oxygen atoms in total. The van der Waals surface area contributed by atoms with Crippen LogP contribution in [-0.4, -0.2) is 32.7 Å². The number of Topliss-reactive ketones (excluding diaryl/α,β-unsaturated/α-hetero) is 1. The lowest BCUT2D eigenvalue weighted by Gasteiger charge is -2.15. The third-order valence-corrected chi connectivity index (χ3v) is 2.83. The van der Waals surface area contributed by atoms with Crippen molar-refractivity contribution < 1.29 is 14.3 Å². The van der Waals surface area contributed by atoms with Gasteiger partial charge in [0.1, 0.15) is 5.75 Å². The monoisotopic (exact) mass is 237 g/mol. The minimum absolute atomic E-state index is 0.160. The van der Waals surface area contributed by atoms with Gasteiger partial charge in [0.15, 0.2) is 5.78 Å². The SMILES string of the molecule is COCC(N)C(=O)c1ccc(C)c(C)c1OC. The van der Waals surface area contributed by atoms with Crippen LogP contribution in [0.15, 0.2) is 12.1 Å². The molecule has 1 aromatic rings. The minimum Gasteiger partial charge on any atom is -0.496 e. The Labute approximate surface area is 102 Å². The van der Waals surface area contributed by atoms with Crippen LogP contribution < -0.4 is 10.5 Å². The number of hydrogen-bond acceptors (Lipinski definition) is 4. The van der Waals surface area contributed by atoms with E-state index in [-0.39, 0.29) is 12.4 Å². The van der Waals surface area contributed by atoms with Gasteiger partial charge in [0, 0.05) is 7.11 Å². The molecule has 1 aromatic carbocycles. The first-order valence-electron chi connectivity index (χ1n) is 5.45. The second-order valence-corrected chi connectivity index (χ2v) is 4.01. The average molecular weight is 237 g/mol. The van der Waals surface area contributed by atoms with Crippen LogP contribution in [0, 0.1) is 13.8 Å². The van der Waals surface area contributed by atoms with Gasteiger partial charge in [0.2, 0.25) is 0 Å². The van der Waals surface area contributed by atoms with Gasteiger partial charge in [-0.3, -0.25) is 4.79 Å². The van der Waals surface area contributed by atoms with E-state index in [9.17, 15) is 4.79 Å². The largest absolute Gasteiger partial charge is 0.496 e. The Balaban J connectivity index is 3.14. The highest BCUT2D eigenvalue weighted by atomic mass is 16.5. The summed E-state index contributed by atoms with van der Waals surface area (Å²) in [5.74, 6) is 0.438. The summed E-state index contributed by atoms with van der Waals surface area (Å²) in [5, 5.41) is 0. The molecule has 0 bridgehead atoms. The van der Waals surface area contributed by atoms with Crippen molar-refractivity contribution in [3.63, 3.8) is 0 Å². The van der Waals surface area contributed by atoms with E-state index in [0.29, 0.717) is 11.3 Å². The van der Waals surface area contributed by atoms with Crippen molar-refractivity contribution in [1.82, 2.24) is 0 Å². The molecule has 1 atom stereocenters. The molecule has 0 saturated carbocycles. The molecule has 0 aliphatic rings. The number of rotatable bonds is 5. The zero-order chi connectivity index (χ0) is 13.0. The third kappa shape index (κ3) is 2.84. The summed E-state index contributed by atoms with van der Waals surface area (Å²) >= 11 is 0. The van der Waals surface area contributed by atoms with Gasteiger partial charge in [0.25, 0.3) is 0 Å². The molecule has 17 heavy (non-hydrogen) atoms. The quantitative estimate of drug-likeness (QED) is 0.788. The Hall–Kier alpha value is -1.39. The molecule has 1 rings (SSSR count). The lowest BCUT2D eigenvalue weighted by atomic mass is 9.98. The Kier molecular flexibility index (Phi) is 4.66. The first-order valence-corrected chi connectivity index (χ1v) is 5.45. The maximum atomic E-state index is 12.1. The summed E-state index contributed by atoms with van der Waals surface area (Å²) in [5.41, 5.74) is 8.30. The Morgan fingerprint density at radius 1 is 1.35 bits per heavy atom. The molecule has 0 saturated heterocycles. The highest BCUT2D eigenvalue weighted by Gasteiger charge is 2.21. The molecule has 0 amide bonds. The van der Waals surface area contributed by atoms with Crippen molar-refractivity contribution in [3.8, 4) is 5.75 Å². The number of ketones is 1. The van der Waals surface area contributed by atoms with E-state index in [4.69, 9.17) is 15.2 Å². The Bertz CT molecular complexity index is 415. The van der Waals surface area contributed by atoms with Crippen LogP contribution in [0.5, 0.6) is 5.75 Å². The van der Waals surface area contributed by atoms with Crippen molar-refractivity contribution in [3.05, 3.63) is 28.8 Å². The summed E-state index contributed by atoms with van der Waals surface area (Å²) < 4.78 is 10.2. The van der Waals surface area contributed by atoms with Crippen molar-refractivity contribution >= 4 is 5.78 Å². The fourth-order valence-corrected chi connectivity index (χ4v) is 1.70. The lowest BCUT2D eigenvalue weighted by Crippen LogP contribution is -2.35. The number of carbonyl (C=O) groups is 1. The zero-order valence-corrected chi connectivity index (χ0v) is 10.7. The molecule has 0 radical (unpaired) electrons. The first-order chi connectivity index (χ1) is 8.02. The number of methoxy groups -OCH3 is 2. The van der Waals surface area contributed by atoms with Gasteiger partial charge in [0.05, 0.1) is 25.3 Å². The molecule has 4 heteroatoms. The number of carbonyl (C=O) groups excluding carboxylic acids is 1. The van der Waals surface area contributed by atoms with E-state index in [0.717, 1.165) is 11.1 Å². The van der Waals surface area contributed by atoms with Gasteiger partial charge in [-0.05, 0) is 31.0 Å². The van der Waals surface area contributed by atoms with Crippen LogP contribution in [0.25, 0.3) is 0 Å². The molecule has 0 heterocycles. The van der Waals surface area contributed by atoms with E-state index in [1.807, 2.05) is 19.9 Å². The van der Waals surface area contributed by atoms with Gasteiger partial charge >= 0.3 is 0 Å². The zero-order valence-electron chi connectivity index (χ0n) is 10.7. The molecule has 0 aromatic heterocycles. The average Bonchev–Trinajstić information content (AvgIpc) is 2.31. The second kappa shape index (κ2) is 5.80. The molecule has 0 aliphatic heterocycles. The van der Waals surface area contributed by atoms with E-state index in [2.05, 4.69) is 0 Å². The molecular weight excluding hydrogens is 218 g/mol. The molecule has 0 fully saturated rings. The number of benzene rings is 1. The second-order valence-electron chi connectivity index (χ2n) is 4.01. The predicted octanol–water partition coefficient (Wildman–Crippen LogP) is 1.47. The standard InChI is InChI=1S/C13H19NO3/c1-8-5-6-10(13(17-4)9(8)2)12(15)11(14)7-16-3/h5-6,11H,7,14H2,1-4H3. The fourth-order valence-electron chi connectivity index (χ4n) is 1.70. The first kappa shape index (κ1) is 13.7. The van der Waals surface area contributed by atoms with Gasteiger partial charge in [-0.25, -0.2) is 0 Å². The minimum atomic E-state index is -0.656. The van der Waals surface area contributed by atoms with Crippen LogP contribution in [0.4, 0.5) is 0 Å². The fraction of sp³-hybridized carbons (Fsp3) is 0.462. The smallest absolute Gasteiger partial charge is 0.185 e. The normalized spacial score (nSPS) is 12.3. The highest BCUT2D eigenvalue weighted by molar-refractivity contribution is 6.02. The molecule has 0 spiro atoms. The van der Waals surface area contributed by atoms with E-state index >= 15 is 0 Å². The summed E-state index contributed by atoms with van der Waals surface area (Å²) in [7, 11) is 3.07. The maximum Gasteiger partial charge on any atom is 0.185 e. The van der Waals surface area contributed by atoms with Crippen LogP contribution in [0.3, 0.4) is 0 Å². The van der Waals surface area contributed by atoms with E-state index < -0.39 is 6.04 Å². The Morgan fingerprint density at radius 3 is 2.53 bits per heavy atom. The van der Waals surface area contributed by atoms with Crippen molar-refractivity contribution in [1.29, 1.82) is 0 Å². The van der Waals surface area contributed by atoms with Crippen LogP contribution in [-0.2, 0) is 4.74 Å². The summed E-state index contributed by atoms with van der Waals surface area (Å²) in [6.45, 7) is 4.10. The molecular formula is C13H19NO3. The number of hydrogen-bond donors (Lipinski definition) is 1. The third-order valence-electron chi connectivity index (χ3n) is 2.83. The van der Waals surface area contributed by atoms with Crippen LogP contribution in [0.1, 0.15) is 21.5 Å². The maximum absolute atomic E-state index is 12.1. The van der Waals surface area contributed by atoms with Gasteiger partial charge < -0.3 is 15.2 Å². The van der Waals surface area contributed by atoms with Gasteiger partial charge in [-0.1, -0.05) is 6.07 Å². The van der Waals surface area contributed by atoms with Gasteiger partial charge in [-0.15, -0.1) is 0 Å². The van der Waals surface area contributed by atoms with E-state index in [1.54, 1.807) is 13.2 Å². The number of ether oxygens (including phenoxy) is 2. The van der Waals surface area contributed by atoms with E-state index in [1.165, 1.54) is 7.11 Å². The molecule has 0 aliphatic carbocycles. The van der Waals surface area contributed by atoms with Gasteiger partial charge in [-0.2, -0.15) is 0 Å². The van der Waals surface area contributed by atoms with Crippen LogP contribution in [0.2, 0.25) is 0 Å².